The summed E-state index contributed by atoms with van der Waals surface area (Å²) >= 11 is 0. The van der Waals surface area contributed by atoms with Gasteiger partial charge in [0.05, 0.1) is 0 Å². The highest BCUT2D eigenvalue weighted by Gasteiger charge is 2.16. The molecule has 0 unspecified atom stereocenters. The van der Waals surface area contributed by atoms with Crippen LogP contribution in [0.3, 0.4) is 0 Å². The van der Waals surface area contributed by atoms with Gasteiger partial charge in [-0.2, -0.15) is 0 Å². The van der Waals surface area contributed by atoms with Crippen molar-refractivity contribution in [3.05, 3.63) is 176 Å². The van der Waals surface area contributed by atoms with Gasteiger partial charge >= 0.3 is 0 Å². The number of nitrogens with zero attached hydrogens (tertiary/aromatic N) is 3. The molecule has 238 valence electrons. The fourth-order valence-corrected chi connectivity index (χ4v) is 7.11. The van der Waals surface area contributed by atoms with Crippen LogP contribution in [0.5, 0.6) is 0 Å². The Kier molecular flexibility index (Phi) is 6.78. The highest BCUT2D eigenvalue weighted by molar-refractivity contribution is 6.10. The number of rotatable bonds is 5. The van der Waals surface area contributed by atoms with E-state index >= 15 is 0 Å². The Morgan fingerprint density at radius 1 is 0.294 bits per heavy atom. The molecule has 0 aliphatic carbocycles. The van der Waals surface area contributed by atoms with Crippen LogP contribution in [-0.2, 0) is 0 Å². The van der Waals surface area contributed by atoms with Crippen LogP contribution in [0.15, 0.2) is 180 Å². The molecule has 0 aliphatic rings. The van der Waals surface area contributed by atoms with Gasteiger partial charge in [-0.3, -0.25) is 0 Å². The first-order valence-corrected chi connectivity index (χ1v) is 17.1. The molecular formula is C47H29N3O. The van der Waals surface area contributed by atoms with E-state index in [1.54, 1.807) is 0 Å². The molecule has 0 amide bonds. The summed E-state index contributed by atoms with van der Waals surface area (Å²) in [6.07, 6.45) is 0. The van der Waals surface area contributed by atoms with Gasteiger partial charge in [-0.05, 0) is 80.2 Å². The van der Waals surface area contributed by atoms with E-state index in [2.05, 4.69) is 146 Å². The lowest BCUT2D eigenvalue weighted by atomic mass is 9.95. The van der Waals surface area contributed by atoms with E-state index in [-0.39, 0.29) is 0 Å². The molecule has 0 spiro atoms. The normalized spacial score (nSPS) is 11.5. The van der Waals surface area contributed by atoms with Gasteiger partial charge in [-0.25, -0.2) is 15.0 Å². The predicted molar refractivity (Wildman–Crippen MR) is 209 cm³/mol. The maximum atomic E-state index is 6.24. The number of hydrogen-bond acceptors (Lipinski definition) is 4. The third-order valence-electron chi connectivity index (χ3n) is 9.68. The quantitative estimate of drug-likeness (QED) is 0.186. The van der Waals surface area contributed by atoms with Crippen molar-refractivity contribution in [2.45, 2.75) is 0 Å². The summed E-state index contributed by atoms with van der Waals surface area (Å²) in [6, 6.07) is 61.1. The maximum absolute atomic E-state index is 6.24. The molecule has 2 heterocycles. The minimum Gasteiger partial charge on any atom is -0.456 e. The van der Waals surface area contributed by atoms with E-state index < -0.39 is 0 Å². The number of hydrogen-bond donors (Lipinski definition) is 0. The molecule has 0 fully saturated rings. The van der Waals surface area contributed by atoms with Crippen molar-refractivity contribution in [3.63, 3.8) is 0 Å². The maximum Gasteiger partial charge on any atom is 0.164 e. The molecule has 4 heteroatoms. The van der Waals surface area contributed by atoms with Crippen LogP contribution in [0.1, 0.15) is 0 Å². The molecule has 0 N–H and O–H groups in total. The Bertz CT molecular complexity index is 2900. The monoisotopic (exact) mass is 651 g/mol. The second-order valence-corrected chi connectivity index (χ2v) is 12.9. The fraction of sp³-hybridized carbons (Fsp3) is 0. The van der Waals surface area contributed by atoms with E-state index in [0.717, 1.165) is 71.5 Å². The zero-order valence-electron chi connectivity index (χ0n) is 27.5. The van der Waals surface area contributed by atoms with Crippen LogP contribution in [0.4, 0.5) is 0 Å². The third kappa shape index (κ3) is 5.22. The molecule has 0 radical (unpaired) electrons. The minimum atomic E-state index is 0.614. The summed E-state index contributed by atoms with van der Waals surface area (Å²) in [6.45, 7) is 0. The zero-order valence-corrected chi connectivity index (χ0v) is 27.5. The summed E-state index contributed by atoms with van der Waals surface area (Å²) in [4.78, 5) is 15.4. The van der Waals surface area contributed by atoms with Crippen molar-refractivity contribution in [1.29, 1.82) is 0 Å². The van der Waals surface area contributed by atoms with E-state index in [1.807, 2.05) is 30.3 Å². The molecule has 2 aromatic heterocycles. The van der Waals surface area contributed by atoms with Crippen molar-refractivity contribution in [2.75, 3.05) is 0 Å². The molecule has 8 aromatic carbocycles. The number of fused-ring (bicyclic) bond motifs is 5. The van der Waals surface area contributed by atoms with E-state index in [9.17, 15) is 0 Å². The van der Waals surface area contributed by atoms with Crippen molar-refractivity contribution >= 4 is 43.5 Å². The summed E-state index contributed by atoms with van der Waals surface area (Å²) in [5.74, 6) is 1.86. The highest BCUT2D eigenvalue weighted by atomic mass is 16.3. The number of benzene rings is 8. The molecule has 0 aliphatic heterocycles. The van der Waals surface area contributed by atoms with Crippen molar-refractivity contribution in [2.24, 2.45) is 0 Å². The zero-order chi connectivity index (χ0) is 33.7. The Hall–Kier alpha value is -6.91. The van der Waals surface area contributed by atoms with Gasteiger partial charge in [-0.15, -0.1) is 0 Å². The smallest absolute Gasteiger partial charge is 0.164 e. The topological polar surface area (TPSA) is 51.8 Å². The van der Waals surface area contributed by atoms with Crippen molar-refractivity contribution in [1.82, 2.24) is 15.0 Å². The second-order valence-electron chi connectivity index (χ2n) is 12.9. The molecule has 0 atom stereocenters. The van der Waals surface area contributed by atoms with Crippen LogP contribution in [-0.4, -0.2) is 15.0 Å². The highest BCUT2D eigenvalue weighted by Crippen LogP contribution is 2.36. The Morgan fingerprint density at radius 2 is 0.863 bits per heavy atom. The van der Waals surface area contributed by atoms with E-state index in [4.69, 9.17) is 19.4 Å². The summed E-state index contributed by atoms with van der Waals surface area (Å²) in [5.41, 5.74) is 9.11. The lowest BCUT2D eigenvalue weighted by Gasteiger charge is -2.13. The summed E-state index contributed by atoms with van der Waals surface area (Å²) in [5, 5.41) is 6.74. The van der Waals surface area contributed by atoms with Gasteiger partial charge in [0.2, 0.25) is 0 Å². The van der Waals surface area contributed by atoms with Gasteiger partial charge in [0.25, 0.3) is 0 Å². The van der Waals surface area contributed by atoms with Crippen LogP contribution >= 0.6 is 0 Å². The van der Waals surface area contributed by atoms with E-state index in [1.165, 1.54) is 10.9 Å². The largest absolute Gasteiger partial charge is 0.456 e. The van der Waals surface area contributed by atoms with Crippen LogP contribution in [0, 0.1) is 0 Å². The Labute approximate surface area is 294 Å². The first-order valence-electron chi connectivity index (χ1n) is 17.1. The first kappa shape index (κ1) is 29.0. The fourth-order valence-electron chi connectivity index (χ4n) is 7.11. The second kappa shape index (κ2) is 11.9. The molecule has 10 rings (SSSR count). The van der Waals surface area contributed by atoms with Gasteiger partial charge in [0.15, 0.2) is 17.5 Å². The Balaban J connectivity index is 1.16. The molecule has 10 aromatic rings. The SMILES string of the molecule is c1ccc(-c2ccc(-c3nc(-c4ccc5cc6c(cc5c4)oc4ccccc46)nc(-c4cc(-c5ccccc5)c5ccccc5c4)n3)cc2)cc1. The van der Waals surface area contributed by atoms with Crippen LogP contribution < -0.4 is 0 Å². The van der Waals surface area contributed by atoms with Gasteiger partial charge in [0.1, 0.15) is 11.2 Å². The Morgan fingerprint density at radius 3 is 1.65 bits per heavy atom. The number of furan rings is 1. The van der Waals surface area contributed by atoms with E-state index in [0.29, 0.717) is 17.5 Å². The van der Waals surface area contributed by atoms with Crippen LogP contribution in [0.2, 0.25) is 0 Å². The molecule has 0 saturated carbocycles. The average molecular weight is 652 g/mol. The third-order valence-corrected chi connectivity index (χ3v) is 9.68. The standard InChI is InChI=1S/C47H29N3O/c1-3-11-30(12-4-1)31-19-21-33(22-20-31)45-48-46(36-24-23-34-27-42-40-17-9-10-18-43(40)51-44(42)29-37(34)26-36)50-47(49-45)38-25-35-15-7-8-16-39(35)41(28-38)32-13-5-2-6-14-32/h1-29H. The molecule has 51 heavy (non-hydrogen) atoms. The van der Waals surface area contributed by atoms with Crippen molar-refractivity contribution < 1.29 is 4.42 Å². The lowest BCUT2D eigenvalue weighted by molar-refractivity contribution is 0.669. The first-order chi connectivity index (χ1) is 25.2. The average Bonchev–Trinajstić information content (AvgIpc) is 3.57. The number of aromatic nitrogens is 3. The lowest BCUT2D eigenvalue weighted by Crippen LogP contribution is -2.00. The van der Waals surface area contributed by atoms with Gasteiger partial charge in [-0.1, -0.05) is 140 Å². The van der Waals surface area contributed by atoms with Crippen molar-refractivity contribution in [3.8, 4) is 56.4 Å². The summed E-state index contributed by atoms with van der Waals surface area (Å²) in [7, 11) is 0. The molecule has 0 bridgehead atoms. The molecule has 4 nitrogen and oxygen atoms in total. The van der Waals surface area contributed by atoms with Gasteiger partial charge < -0.3 is 4.42 Å². The summed E-state index contributed by atoms with van der Waals surface area (Å²) < 4.78 is 6.24. The predicted octanol–water partition coefficient (Wildman–Crippen LogP) is 12.4. The molecule has 0 saturated heterocycles. The van der Waals surface area contributed by atoms with Gasteiger partial charge in [0, 0.05) is 27.5 Å². The minimum absolute atomic E-state index is 0.614. The van der Waals surface area contributed by atoms with Crippen LogP contribution in [0.25, 0.3) is 99.9 Å². The molecular weight excluding hydrogens is 623 g/mol. The number of para-hydroxylation sites is 1.